The van der Waals surface area contributed by atoms with Crippen LogP contribution in [0, 0.1) is 11.6 Å². The van der Waals surface area contributed by atoms with Crippen molar-refractivity contribution in [2.45, 2.75) is 19.0 Å². The number of anilines is 1. The summed E-state index contributed by atoms with van der Waals surface area (Å²) in [5, 5.41) is 2.32. The zero-order valence-corrected chi connectivity index (χ0v) is 11.8. The molecule has 7 heteroatoms. The van der Waals surface area contributed by atoms with E-state index in [-0.39, 0.29) is 17.7 Å². The van der Waals surface area contributed by atoms with Gasteiger partial charge < -0.3 is 5.32 Å². The second kappa shape index (κ2) is 6.76. The van der Waals surface area contributed by atoms with Crippen molar-refractivity contribution in [3.63, 3.8) is 0 Å². The van der Waals surface area contributed by atoms with Crippen LogP contribution in [0.3, 0.4) is 0 Å². The SMILES string of the molecule is O=C(Nc1ccccc1CCC(F)(F)F)c1cccc(F)c1F. The minimum absolute atomic E-state index is 0.130. The van der Waals surface area contributed by atoms with Crippen LogP contribution in [-0.2, 0) is 6.42 Å². The minimum Gasteiger partial charge on any atom is -0.322 e. The number of rotatable bonds is 4. The van der Waals surface area contributed by atoms with Crippen LogP contribution < -0.4 is 5.32 Å². The number of alkyl halides is 3. The molecule has 23 heavy (non-hydrogen) atoms. The molecule has 2 nitrogen and oxygen atoms in total. The standard InChI is InChI=1S/C16H12F5NO/c17-12-6-3-5-11(14(12)18)15(23)22-13-7-2-1-4-10(13)8-9-16(19,20)21/h1-7H,8-9H2,(H,22,23). The van der Waals surface area contributed by atoms with Crippen molar-refractivity contribution in [1.82, 2.24) is 0 Å². The van der Waals surface area contributed by atoms with Gasteiger partial charge in [-0.2, -0.15) is 13.2 Å². The van der Waals surface area contributed by atoms with Gasteiger partial charge in [0.15, 0.2) is 11.6 Å². The van der Waals surface area contributed by atoms with Crippen LogP contribution in [0.25, 0.3) is 0 Å². The lowest BCUT2D eigenvalue weighted by Crippen LogP contribution is -2.16. The van der Waals surface area contributed by atoms with Gasteiger partial charge in [0, 0.05) is 12.1 Å². The first kappa shape index (κ1) is 16.9. The lowest BCUT2D eigenvalue weighted by atomic mass is 10.1. The monoisotopic (exact) mass is 329 g/mol. The van der Waals surface area contributed by atoms with Gasteiger partial charge in [-0.15, -0.1) is 0 Å². The Bertz CT molecular complexity index is 712. The fraction of sp³-hybridized carbons (Fsp3) is 0.188. The van der Waals surface area contributed by atoms with Crippen molar-refractivity contribution in [1.29, 1.82) is 0 Å². The van der Waals surface area contributed by atoms with Crippen LogP contribution in [0.4, 0.5) is 27.6 Å². The summed E-state index contributed by atoms with van der Waals surface area (Å²) in [4.78, 5) is 12.0. The molecule has 0 fully saturated rings. The smallest absolute Gasteiger partial charge is 0.322 e. The highest BCUT2D eigenvalue weighted by atomic mass is 19.4. The van der Waals surface area contributed by atoms with Gasteiger partial charge in [0.1, 0.15) is 0 Å². The first-order valence-corrected chi connectivity index (χ1v) is 6.68. The molecule has 2 rings (SSSR count). The quantitative estimate of drug-likeness (QED) is 0.809. The summed E-state index contributed by atoms with van der Waals surface area (Å²) in [7, 11) is 0. The van der Waals surface area contributed by atoms with Crippen LogP contribution in [0.5, 0.6) is 0 Å². The summed E-state index contributed by atoms with van der Waals surface area (Å²) >= 11 is 0. The number of halogens is 5. The average Bonchev–Trinajstić information content (AvgIpc) is 2.48. The highest BCUT2D eigenvalue weighted by Crippen LogP contribution is 2.25. The van der Waals surface area contributed by atoms with Gasteiger partial charge in [-0.1, -0.05) is 24.3 Å². The molecule has 0 radical (unpaired) electrons. The first-order valence-electron chi connectivity index (χ1n) is 6.68. The minimum atomic E-state index is -4.33. The molecule has 0 heterocycles. The van der Waals surface area contributed by atoms with E-state index in [0.29, 0.717) is 0 Å². The molecule has 0 aromatic heterocycles. The second-order valence-electron chi connectivity index (χ2n) is 4.83. The van der Waals surface area contributed by atoms with Gasteiger partial charge in [0.05, 0.1) is 5.56 Å². The van der Waals surface area contributed by atoms with Gasteiger partial charge in [0.2, 0.25) is 0 Å². The van der Waals surface area contributed by atoms with Gasteiger partial charge >= 0.3 is 6.18 Å². The Labute approximate surface area is 128 Å². The molecular formula is C16H12F5NO. The molecule has 0 saturated carbocycles. The van der Waals surface area contributed by atoms with E-state index in [0.717, 1.165) is 12.1 Å². The second-order valence-corrected chi connectivity index (χ2v) is 4.83. The van der Waals surface area contributed by atoms with Crippen LogP contribution in [-0.4, -0.2) is 12.1 Å². The number of amides is 1. The van der Waals surface area contributed by atoms with E-state index in [4.69, 9.17) is 0 Å². The number of aryl methyl sites for hydroxylation is 1. The van der Waals surface area contributed by atoms with Crippen molar-refractivity contribution in [3.8, 4) is 0 Å². The Balaban J connectivity index is 2.20. The summed E-state index contributed by atoms with van der Waals surface area (Å²) < 4.78 is 63.7. The van der Waals surface area contributed by atoms with E-state index in [1.165, 1.54) is 30.3 Å². The molecule has 0 aliphatic carbocycles. The predicted molar refractivity (Wildman–Crippen MR) is 75.1 cm³/mol. The third-order valence-corrected chi connectivity index (χ3v) is 3.14. The maximum Gasteiger partial charge on any atom is 0.389 e. The van der Waals surface area contributed by atoms with Gasteiger partial charge in [-0.25, -0.2) is 8.78 Å². The van der Waals surface area contributed by atoms with E-state index in [1.54, 1.807) is 0 Å². The lowest BCUT2D eigenvalue weighted by Gasteiger charge is -2.12. The van der Waals surface area contributed by atoms with Gasteiger partial charge in [0.25, 0.3) is 5.91 Å². The predicted octanol–water partition coefficient (Wildman–Crippen LogP) is 4.71. The summed E-state index contributed by atoms with van der Waals surface area (Å²) in [5.41, 5.74) is -0.129. The molecule has 2 aromatic carbocycles. The first-order chi connectivity index (χ1) is 10.8. The average molecular weight is 329 g/mol. The highest BCUT2D eigenvalue weighted by molar-refractivity contribution is 6.04. The lowest BCUT2D eigenvalue weighted by molar-refractivity contribution is -0.133. The molecule has 0 aliphatic rings. The molecule has 0 spiro atoms. The fourth-order valence-corrected chi connectivity index (χ4v) is 2.01. The Hall–Kier alpha value is -2.44. The van der Waals surface area contributed by atoms with E-state index in [1.807, 2.05) is 0 Å². The Morgan fingerprint density at radius 3 is 2.39 bits per heavy atom. The number of carbonyl (C=O) groups is 1. The Morgan fingerprint density at radius 2 is 1.70 bits per heavy atom. The molecule has 1 amide bonds. The number of hydrogen-bond acceptors (Lipinski definition) is 1. The topological polar surface area (TPSA) is 29.1 Å². The Kier molecular flexibility index (Phi) is 4.98. The molecule has 0 unspecified atom stereocenters. The zero-order valence-electron chi connectivity index (χ0n) is 11.8. The summed E-state index contributed by atoms with van der Waals surface area (Å²) in [5.74, 6) is -3.41. The summed E-state index contributed by atoms with van der Waals surface area (Å²) in [6, 6.07) is 9.02. The normalized spacial score (nSPS) is 11.3. The zero-order chi connectivity index (χ0) is 17.0. The van der Waals surface area contributed by atoms with E-state index in [2.05, 4.69) is 5.32 Å². The van der Waals surface area contributed by atoms with Crippen LogP contribution in [0.1, 0.15) is 22.3 Å². The Morgan fingerprint density at radius 1 is 1.00 bits per heavy atom. The number of hydrogen-bond donors (Lipinski definition) is 1. The van der Waals surface area contributed by atoms with Crippen molar-refractivity contribution in [2.75, 3.05) is 5.32 Å². The molecule has 0 saturated heterocycles. The van der Waals surface area contributed by atoms with Gasteiger partial charge in [-0.05, 0) is 30.2 Å². The number of para-hydroxylation sites is 1. The van der Waals surface area contributed by atoms with Crippen LogP contribution in [0.15, 0.2) is 42.5 Å². The van der Waals surface area contributed by atoms with E-state index >= 15 is 0 Å². The molecule has 122 valence electrons. The third-order valence-electron chi connectivity index (χ3n) is 3.14. The maximum atomic E-state index is 13.6. The van der Waals surface area contributed by atoms with Crippen molar-refractivity contribution in [3.05, 3.63) is 65.2 Å². The molecule has 1 N–H and O–H groups in total. The number of benzene rings is 2. The summed E-state index contributed by atoms with van der Waals surface area (Å²) in [6.07, 6.45) is -5.70. The van der Waals surface area contributed by atoms with Crippen LogP contribution >= 0.6 is 0 Å². The fourth-order valence-electron chi connectivity index (χ4n) is 2.01. The maximum absolute atomic E-state index is 13.6. The van der Waals surface area contributed by atoms with E-state index < -0.39 is 35.7 Å². The largest absolute Gasteiger partial charge is 0.389 e. The van der Waals surface area contributed by atoms with Crippen molar-refractivity contribution >= 4 is 11.6 Å². The molecular weight excluding hydrogens is 317 g/mol. The molecule has 0 aliphatic heterocycles. The molecule has 0 bridgehead atoms. The number of carbonyl (C=O) groups excluding carboxylic acids is 1. The van der Waals surface area contributed by atoms with Crippen molar-refractivity contribution < 1.29 is 26.7 Å². The van der Waals surface area contributed by atoms with Gasteiger partial charge in [-0.3, -0.25) is 4.79 Å². The molecule has 0 atom stereocenters. The van der Waals surface area contributed by atoms with Crippen LogP contribution in [0.2, 0.25) is 0 Å². The van der Waals surface area contributed by atoms with Crippen molar-refractivity contribution in [2.24, 2.45) is 0 Å². The summed E-state index contributed by atoms with van der Waals surface area (Å²) in [6.45, 7) is 0. The third kappa shape index (κ3) is 4.51. The highest BCUT2D eigenvalue weighted by Gasteiger charge is 2.27. The van der Waals surface area contributed by atoms with E-state index in [9.17, 15) is 26.7 Å². The number of nitrogens with one attached hydrogen (secondary N) is 1. The molecule has 2 aromatic rings.